The lowest BCUT2D eigenvalue weighted by Gasteiger charge is -2.30. The van der Waals surface area contributed by atoms with Gasteiger partial charge in [-0.3, -0.25) is 4.79 Å². The molecular formula is C20H18ClN3O4. The Bertz CT molecular complexity index is 961. The van der Waals surface area contributed by atoms with Crippen molar-refractivity contribution >= 4 is 34.6 Å². The van der Waals surface area contributed by atoms with Gasteiger partial charge in [-0.15, -0.1) is 0 Å². The van der Waals surface area contributed by atoms with Gasteiger partial charge < -0.3 is 14.1 Å². The Labute approximate surface area is 166 Å². The molecule has 0 bridgehead atoms. The van der Waals surface area contributed by atoms with E-state index in [1.807, 2.05) is 24.3 Å². The second-order valence-corrected chi connectivity index (χ2v) is 7.01. The Hall–Kier alpha value is -2.93. The molecule has 7 nitrogen and oxygen atoms in total. The number of benzene rings is 1. The van der Waals surface area contributed by atoms with E-state index < -0.39 is 5.97 Å². The third-order valence-electron chi connectivity index (χ3n) is 4.80. The van der Waals surface area contributed by atoms with Crippen LogP contribution in [-0.2, 0) is 9.53 Å². The number of hydrogen-bond donors (Lipinski definition) is 0. The molecule has 1 saturated heterocycles. The zero-order valence-corrected chi connectivity index (χ0v) is 15.8. The van der Waals surface area contributed by atoms with E-state index in [1.165, 1.54) is 18.3 Å². The van der Waals surface area contributed by atoms with E-state index in [4.69, 9.17) is 20.8 Å². The predicted octanol–water partition coefficient (Wildman–Crippen LogP) is 3.44. The lowest BCUT2D eigenvalue weighted by atomic mass is 9.97. The van der Waals surface area contributed by atoms with Gasteiger partial charge in [-0.05, 0) is 37.1 Å². The zero-order valence-electron chi connectivity index (χ0n) is 15.0. The molecule has 0 N–H and O–H groups in total. The molecule has 1 fully saturated rings. The molecule has 0 spiro atoms. The van der Waals surface area contributed by atoms with Crippen molar-refractivity contribution in [3.8, 4) is 0 Å². The Kier molecular flexibility index (Phi) is 5.25. The first-order valence-electron chi connectivity index (χ1n) is 9.02. The van der Waals surface area contributed by atoms with Crippen LogP contribution in [-0.4, -0.2) is 46.4 Å². The number of nitrogens with zero attached hydrogens (tertiary/aromatic N) is 3. The van der Waals surface area contributed by atoms with Gasteiger partial charge in [0.15, 0.2) is 18.1 Å². The van der Waals surface area contributed by atoms with Crippen LogP contribution in [0, 0.1) is 0 Å². The number of aromatic nitrogens is 2. The number of pyridine rings is 1. The molecule has 0 radical (unpaired) electrons. The molecule has 4 rings (SSSR count). The molecule has 0 unspecified atom stereocenters. The smallest absolute Gasteiger partial charge is 0.340 e. The maximum absolute atomic E-state index is 12.3. The van der Waals surface area contributed by atoms with Crippen LogP contribution in [0.4, 0.5) is 0 Å². The minimum absolute atomic E-state index is 0.180. The van der Waals surface area contributed by atoms with E-state index >= 15 is 0 Å². The van der Waals surface area contributed by atoms with Gasteiger partial charge in [-0.1, -0.05) is 23.7 Å². The summed E-state index contributed by atoms with van der Waals surface area (Å²) in [6, 6.07) is 10.7. The van der Waals surface area contributed by atoms with Gasteiger partial charge in [0.05, 0.1) is 5.56 Å². The Morgan fingerprint density at radius 2 is 1.96 bits per heavy atom. The monoisotopic (exact) mass is 399 g/mol. The number of para-hydroxylation sites is 2. The van der Waals surface area contributed by atoms with Crippen LogP contribution in [0.5, 0.6) is 0 Å². The number of amides is 1. The second-order valence-electron chi connectivity index (χ2n) is 6.62. The first-order valence-corrected chi connectivity index (χ1v) is 9.40. The molecule has 1 aromatic carbocycles. The molecule has 3 heterocycles. The quantitative estimate of drug-likeness (QED) is 0.493. The van der Waals surface area contributed by atoms with Crippen molar-refractivity contribution in [1.29, 1.82) is 0 Å². The van der Waals surface area contributed by atoms with Crippen molar-refractivity contribution in [3.63, 3.8) is 0 Å². The number of oxazole rings is 1. The highest BCUT2D eigenvalue weighted by atomic mass is 35.5. The van der Waals surface area contributed by atoms with Gasteiger partial charge in [-0.25, -0.2) is 14.8 Å². The first kappa shape index (κ1) is 18.4. The predicted molar refractivity (Wildman–Crippen MR) is 102 cm³/mol. The van der Waals surface area contributed by atoms with E-state index in [9.17, 15) is 9.59 Å². The fraction of sp³-hybridized carbons (Fsp3) is 0.300. The number of carbonyl (C=O) groups excluding carboxylic acids is 2. The SMILES string of the molecule is O=C(OCC(=O)N1CCC(c2nc3ccccc3o2)CC1)c1ccc(Cl)nc1. The molecule has 28 heavy (non-hydrogen) atoms. The number of ether oxygens (including phenoxy) is 1. The number of carbonyl (C=O) groups is 2. The number of likely N-dealkylation sites (tertiary alicyclic amines) is 1. The summed E-state index contributed by atoms with van der Waals surface area (Å²) in [5, 5.41) is 0.287. The van der Waals surface area contributed by atoms with Gasteiger partial charge >= 0.3 is 5.97 Å². The van der Waals surface area contributed by atoms with E-state index in [0.29, 0.717) is 13.1 Å². The van der Waals surface area contributed by atoms with E-state index in [1.54, 1.807) is 4.90 Å². The Morgan fingerprint density at radius 3 is 2.68 bits per heavy atom. The minimum Gasteiger partial charge on any atom is -0.452 e. The number of halogens is 1. The molecule has 1 amide bonds. The average Bonchev–Trinajstić information content (AvgIpc) is 3.16. The first-order chi connectivity index (χ1) is 13.6. The van der Waals surface area contributed by atoms with Gasteiger partial charge in [0.25, 0.3) is 5.91 Å². The summed E-state index contributed by atoms with van der Waals surface area (Å²) in [7, 11) is 0. The topological polar surface area (TPSA) is 85.5 Å². The number of hydrogen-bond acceptors (Lipinski definition) is 6. The van der Waals surface area contributed by atoms with Crippen molar-refractivity contribution in [3.05, 3.63) is 59.2 Å². The normalized spacial score (nSPS) is 15.0. The maximum atomic E-state index is 12.3. The van der Waals surface area contributed by atoms with E-state index in [-0.39, 0.29) is 29.1 Å². The highest BCUT2D eigenvalue weighted by Gasteiger charge is 2.27. The number of piperidine rings is 1. The summed E-state index contributed by atoms with van der Waals surface area (Å²) in [5.41, 5.74) is 1.88. The molecule has 144 valence electrons. The van der Waals surface area contributed by atoms with Crippen LogP contribution in [0.25, 0.3) is 11.1 Å². The van der Waals surface area contributed by atoms with Crippen LogP contribution in [0.1, 0.15) is 35.0 Å². The Morgan fingerprint density at radius 1 is 1.18 bits per heavy atom. The molecular weight excluding hydrogens is 382 g/mol. The molecule has 0 aliphatic carbocycles. The van der Waals surface area contributed by atoms with E-state index in [0.717, 1.165) is 29.8 Å². The Balaban J connectivity index is 1.29. The standard InChI is InChI=1S/C20H18ClN3O4/c21-17-6-5-14(11-22-17)20(26)27-12-18(25)24-9-7-13(8-10-24)19-23-15-3-1-2-4-16(15)28-19/h1-6,11,13H,7-10,12H2. The largest absolute Gasteiger partial charge is 0.452 e. The van der Waals surface area contributed by atoms with Gasteiger partial charge in [0, 0.05) is 25.2 Å². The molecule has 0 atom stereocenters. The lowest BCUT2D eigenvalue weighted by Crippen LogP contribution is -2.40. The summed E-state index contributed by atoms with van der Waals surface area (Å²) < 4.78 is 10.9. The maximum Gasteiger partial charge on any atom is 0.340 e. The van der Waals surface area contributed by atoms with Crippen molar-refractivity contribution in [2.45, 2.75) is 18.8 Å². The van der Waals surface area contributed by atoms with Crippen molar-refractivity contribution < 1.29 is 18.7 Å². The van der Waals surface area contributed by atoms with Crippen molar-refractivity contribution in [2.75, 3.05) is 19.7 Å². The fourth-order valence-electron chi connectivity index (χ4n) is 3.24. The van der Waals surface area contributed by atoms with Crippen molar-refractivity contribution in [1.82, 2.24) is 14.9 Å². The molecule has 2 aromatic heterocycles. The summed E-state index contributed by atoms with van der Waals surface area (Å²) in [6.07, 6.45) is 2.84. The average molecular weight is 400 g/mol. The van der Waals surface area contributed by atoms with Crippen LogP contribution in [0.2, 0.25) is 5.15 Å². The van der Waals surface area contributed by atoms with Crippen LogP contribution in [0.3, 0.4) is 0 Å². The molecule has 0 saturated carbocycles. The summed E-state index contributed by atoms with van der Waals surface area (Å²) >= 11 is 5.69. The van der Waals surface area contributed by atoms with Crippen molar-refractivity contribution in [2.24, 2.45) is 0 Å². The highest BCUT2D eigenvalue weighted by molar-refractivity contribution is 6.29. The molecule has 8 heteroatoms. The second kappa shape index (κ2) is 7.98. The fourth-order valence-corrected chi connectivity index (χ4v) is 3.35. The van der Waals surface area contributed by atoms with E-state index in [2.05, 4.69) is 9.97 Å². The van der Waals surface area contributed by atoms with Crippen LogP contribution >= 0.6 is 11.6 Å². The summed E-state index contributed by atoms with van der Waals surface area (Å²) in [4.78, 5) is 34.4. The summed E-state index contributed by atoms with van der Waals surface area (Å²) in [6.45, 7) is 0.847. The highest BCUT2D eigenvalue weighted by Crippen LogP contribution is 2.29. The van der Waals surface area contributed by atoms with Crippen LogP contribution < -0.4 is 0 Å². The van der Waals surface area contributed by atoms with Gasteiger partial charge in [0.2, 0.25) is 0 Å². The van der Waals surface area contributed by atoms with Crippen LogP contribution in [0.15, 0.2) is 47.0 Å². The molecule has 1 aliphatic rings. The zero-order chi connectivity index (χ0) is 19.5. The number of esters is 1. The molecule has 1 aliphatic heterocycles. The third kappa shape index (κ3) is 3.99. The molecule has 3 aromatic rings. The van der Waals surface area contributed by atoms with Gasteiger partial charge in [-0.2, -0.15) is 0 Å². The number of rotatable bonds is 4. The third-order valence-corrected chi connectivity index (χ3v) is 5.02. The van der Waals surface area contributed by atoms with Gasteiger partial charge in [0.1, 0.15) is 10.7 Å². The minimum atomic E-state index is -0.598. The number of fused-ring (bicyclic) bond motifs is 1. The lowest BCUT2D eigenvalue weighted by molar-refractivity contribution is -0.135. The summed E-state index contributed by atoms with van der Waals surface area (Å²) in [5.74, 6) is 0.0827.